The van der Waals surface area contributed by atoms with Crippen LogP contribution in [0.1, 0.15) is 18.4 Å². The summed E-state index contributed by atoms with van der Waals surface area (Å²) in [6.07, 6.45) is 0.881. The number of fused-ring (bicyclic) bond motifs is 1. The summed E-state index contributed by atoms with van der Waals surface area (Å²) in [5.41, 5.74) is 9.03. The van der Waals surface area contributed by atoms with Crippen LogP contribution in [-0.4, -0.2) is 34.3 Å². The second-order valence-electron chi connectivity index (χ2n) is 7.55. The number of rotatable bonds is 6. The van der Waals surface area contributed by atoms with Crippen LogP contribution in [0.25, 0.3) is 11.4 Å². The summed E-state index contributed by atoms with van der Waals surface area (Å²) in [6, 6.07) is 17.9. The SMILES string of the molecule is CCc1ccc(-c2noc(CSC3NC4NNCC4C(=O)N3c3ccccc3)n2)cc1. The average molecular weight is 437 g/mol. The topological polar surface area (TPSA) is 95.3 Å². The third-order valence-electron chi connectivity index (χ3n) is 5.58. The van der Waals surface area contributed by atoms with E-state index in [1.165, 1.54) is 5.56 Å². The Labute approximate surface area is 184 Å². The van der Waals surface area contributed by atoms with Crippen molar-refractivity contribution in [1.29, 1.82) is 0 Å². The lowest BCUT2D eigenvalue weighted by atomic mass is 10.0. The number of anilines is 1. The molecule has 2 aliphatic rings. The van der Waals surface area contributed by atoms with E-state index in [2.05, 4.69) is 45.4 Å². The van der Waals surface area contributed by atoms with E-state index in [0.717, 1.165) is 17.7 Å². The largest absolute Gasteiger partial charge is 0.338 e. The lowest BCUT2D eigenvalue weighted by Crippen LogP contribution is -2.64. The Morgan fingerprint density at radius 1 is 1.16 bits per heavy atom. The lowest BCUT2D eigenvalue weighted by Gasteiger charge is -2.41. The smallest absolute Gasteiger partial charge is 0.237 e. The van der Waals surface area contributed by atoms with Crippen LogP contribution in [0.2, 0.25) is 0 Å². The Morgan fingerprint density at radius 3 is 2.74 bits per heavy atom. The molecule has 1 aromatic heterocycles. The van der Waals surface area contributed by atoms with Gasteiger partial charge in [-0.2, -0.15) is 4.98 Å². The second kappa shape index (κ2) is 8.80. The fraction of sp³-hybridized carbons (Fsp3) is 0.318. The molecule has 8 nitrogen and oxygen atoms in total. The molecule has 3 heterocycles. The minimum absolute atomic E-state index is 0.0900. The maximum atomic E-state index is 13.2. The minimum atomic E-state index is -0.261. The minimum Gasteiger partial charge on any atom is -0.338 e. The van der Waals surface area contributed by atoms with Gasteiger partial charge in [-0.25, -0.2) is 5.43 Å². The molecule has 2 aromatic carbocycles. The number of aromatic nitrogens is 2. The van der Waals surface area contributed by atoms with Gasteiger partial charge in [0.2, 0.25) is 17.6 Å². The van der Waals surface area contributed by atoms with Gasteiger partial charge in [-0.1, -0.05) is 54.5 Å². The van der Waals surface area contributed by atoms with Crippen molar-refractivity contribution >= 4 is 23.4 Å². The molecule has 9 heteroatoms. The third kappa shape index (κ3) is 4.09. The molecule has 3 atom stereocenters. The number of nitrogens with one attached hydrogen (secondary N) is 3. The summed E-state index contributed by atoms with van der Waals surface area (Å²) in [6.45, 7) is 2.72. The van der Waals surface area contributed by atoms with E-state index < -0.39 is 0 Å². The monoisotopic (exact) mass is 436 g/mol. The molecule has 0 radical (unpaired) electrons. The third-order valence-corrected chi connectivity index (χ3v) is 6.66. The summed E-state index contributed by atoms with van der Waals surface area (Å²) in [5.74, 6) is 1.53. The van der Waals surface area contributed by atoms with Gasteiger partial charge in [-0.05, 0) is 24.1 Å². The van der Waals surface area contributed by atoms with E-state index in [4.69, 9.17) is 4.52 Å². The van der Waals surface area contributed by atoms with Crippen LogP contribution in [0.15, 0.2) is 59.1 Å². The molecule has 3 aromatic rings. The fourth-order valence-electron chi connectivity index (χ4n) is 3.85. The summed E-state index contributed by atoms with van der Waals surface area (Å²) in [7, 11) is 0. The quantitative estimate of drug-likeness (QED) is 0.543. The highest BCUT2D eigenvalue weighted by Gasteiger charge is 2.44. The van der Waals surface area contributed by atoms with E-state index in [1.807, 2.05) is 47.4 Å². The van der Waals surface area contributed by atoms with Crippen molar-refractivity contribution in [2.75, 3.05) is 11.4 Å². The Kier molecular flexibility index (Phi) is 5.73. The van der Waals surface area contributed by atoms with Crippen LogP contribution in [0.3, 0.4) is 0 Å². The van der Waals surface area contributed by atoms with E-state index >= 15 is 0 Å². The van der Waals surface area contributed by atoms with Crippen LogP contribution in [0.4, 0.5) is 5.69 Å². The number of amides is 1. The summed E-state index contributed by atoms with van der Waals surface area (Å²) < 4.78 is 5.48. The van der Waals surface area contributed by atoms with Gasteiger partial charge in [-0.3, -0.25) is 20.4 Å². The number of para-hydroxylation sites is 1. The van der Waals surface area contributed by atoms with E-state index in [-0.39, 0.29) is 23.5 Å². The summed E-state index contributed by atoms with van der Waals surface area (Å²) >= 11 is 1.55. The van der Waals surface area contributed by atoms with E-state index in [1.54, 1.807) is 11.8 Å². The number of carbonyl (C=O) groups excluding carboxylic acids is 1. The van der Waals surface area contributed by atoms with Gasteiger partial charge in [-0.15, -0.1) is 11.8 Å². The zero-order valence-electron chi connectivity index (χ0n) is 17.1. The highest BCUT2D eigenvalue weighted by atomic mass is 32.2. The van der Waals surface area contributed by atoms with Crippen molar-refractivity contribution in [1.82, 2.24) is 26.3 Å². The number of hydrazine groups is 1. The van der Waals surface area contributed by atoms with E-state index in [9.17, 15) is 4.79 Å². The lowest BCUT2D eigenvalue weighted by molar-refractivity contribution is -0.124. The van der Waals surface area contributed by atoms with Crippen LogP contribution < -0.4 is 21.1 Å². The van der Waals surface area contributed by atoms with Crippen molar-refractivity contribution in [2.24, 2.45) is 5.92 Å². The molecule has 0 aliphatic carbocycles. The summed E-state index contributed by atoms with van der Waals surface area (Å²) in [4.78, 5) is 19.6. The maximum Gasteiger partial charge on any atom is 0.237 e. The zero-order valence-corrected chi connectivity index (χ0v) is 17.9. The first-order valence-electron chi connectivity index (χ1n) is 10.4. The van der Waals surface area contributed by atoms with Gasteiger partial charge in [0.05, 0.1) is 17.8 Å². The molecule has 3 N–H and O–H groups in total. The second-order valence-corrected chi connectivity index (χ2v) is 8.61. The van der Waals surface area contributed by atoms with Crippen LogP contribution in [0, 0.1) is 5.92 Å². The highest BCUT2D eigenvalue weighted by Crippen LogP contribution is 2.31. The Morgan fingerprint density at radius 2 is 1.97 bits per heavy atom. The number of hydrogen-bond acceptors (Lipinski definition) is 8. The van der Waals surface area contributed by atoms with Crippen molar-refractivity contribution in [3.05, 3.63) is 66.1 Å². The average Bonchev–Trinajstić information content (AvgIpc) is 3.48. The first kappa shape index (κ1) is 20.2. The molecule has 0 spiro atoms. The highest BCUT2D eigenvalue weighted by molar-refractivity contribution is 7.99. The molecule has 0 bridgehead atoms. The van der Waals surface area contributed by atoms with Crippen LogP contribution in [0.5, 0.6) is 0 Å². The fourth-order valence-corrected chi connectivity index (χ4v) is 4.89. The number of aryl methyl sites for hydroxylation is 1. The van der Waals surface area contributed by atoms with Gasteiger partial charge < -0.3 is 4.52 Å². The van der Waals surface area contributed by atoms with Crippen molar-refractivity contribution < 1.29 is 9.32 Å². The van der Waals surface area contributed by atoms with Crippen molar-refractivity contribution in [3.8, 4) is 11.4 Å². The first-order chi connectivity index (χ1) is 15.2. The van der Waals surface area contributed by atoms with Gasteiger partial charge >= 0.3 is 0 Å². The molecule has 2 saturated heterocycles. The molecule has 5 rings (SSSR count). The molecule has 31 heavy (non-hydrogen) atoms. The molecule has 160 valence electrons. The molecule has 1 amide bonds. The number of benzene rings is 2. The maximum absolute atomic E-state index is 13.2. The number of nitrogens with zero attached hydrogens (tertiary/aromatic N) is 3. The van der Waals surface area contributed by atoms with Crippen LogP contribution in [-0.2, 0) is 17.0 Å². The number of thioether (sulfide) groups is 1. The zero-order chi connectivity index (χ0) is 21.2. The molecular formula is C22H24N6O2S. The molecule has 2 fully saturated rings. The van der Waals surface area contributed by atoms with Crippen molar-refractivity contribution in [2.45, 2.75) is 30.8 Å². The standard InChI is InChI=1S/C22H24N6O2S/c1-2-14-8-10-15(11-9-14)19-24-18(30-27-19)13-31-22-25-20-17(12-23-26-20)21(29)28(22)16-6-4-3-5-7-16/h3-11,17,20,22-23,25-26H,2,12-13H2,1H3. The Hall–Kier alpha value is -2.72. The van der Waals surface area contributed by atoms with Crippen LogP contribution >= 0.6 is 11.8 Å². The normalized spacial score (nSPS) is 23.2. The van der Waals surface area contributed by atoms with Crippen molar-refractivity contribution in [3.63, 3.8) is 0 Å². The van der Waals surface area contributed by atoms with E-state index in [0.29, 0.717) is 24.0 Å². The Bertz CT molecular complexity index is 1040. The molecular weight excluding hydrogens is 412 g/mol. The van der Waals surface area contributed by atoms with Gasteiger partial charge in [0.25, 0.3) is 0 Å². The van der Waals surface area contributed by atoms with Gasteiger partial charge in [0.15, 0.2) is 0 Å². The molecule has 3 unspecified atom stereocenters. The number of hydrogen-bond donors (Lipinski definition) is 3. The predicted molar refractivity (Wildman–Crippen MR) is 120 cm³/mol. The van der Waals surface area contributed by atoms with Gasteiger partial charge in [0.1, 0.15) is 5.50 Å². The molecule has 2 aliphatic heterocycles. The first-order valence-corrected chi connectivity index (χ1v) is 11.4. The van der Waals surface area contributed by atoms with Gasteiger partial charge in [0, 0.05) is 17.8 Å². The Balaban J connectivity index is 1.32. The predicted octanol–water partition coefficient (Wildman–Crippen LogP) is 2.50. The summed E-state index contributed by atoms with van der Waals surface area (Å²) in [5, 5.41) is 7.65. The molecule has 0 saturated carbocycles. The number of carbonyl (C=O) groups is 1.